The zero-order valence-corrected chi connectivity index (χ0v) is 24.5. The topological polar surface area (TPSA) is 161 Å². The molecule has 0 aliphatic carbocycles. The summed E-state index contributed by atoms with van der Waals surface area (Å²) in [6.45, 7) is 4.20. The van der Waals surface area contributed by atoms with Crippen LogP contribution in [0.15, 0.2) is 92.7 Å². The van der Waals surface area contributed by atoms with Crippen molar-refractivity contribution in [2.24, 2.45) is 5.10 Å². The number of benzene rings is 3. The Morgan fingerprint density at radius 1 is 0.952 bits per heavy atom. The molecule has 0 aliphatic rings. The van der Waals surface area contributed by atoms with Crippen LogP contribution in [0.5, 0.6) is 0 Å². The lowest BCUT2D eigenvalue weighted by atomic mass is 10.2. The number of hydrazone groups is 1. The van der Waals surface area contributed by atoms with Crippen molar-refractivity contribution in [1.29, 1.82) is 0 Å². The van der Waals surface area contributed by atoms with E-state index in [9.17, 15) is 28.6 Å². The van der Waals surface area contributed by atoms with Gasteiger partial charge in [0.2, 0.25) is 10.0 Å². The minimum atomic E-state index is -4.08. The maximum Gasteiger partial charge on any atom is 0.283 e. The molecule has 0 atom stereocenters. The third-order valence-electron chi connectivity index (χ3n) is 6.13. The molecule has 0 fully saturated rings. The van der Waals surface area contributed by atoms with E-state index in [4.69, 9.17) is 0 Å². The zero-order chi connectivity index (χ0) is 30.3. The van der Waals surface area contributed by atoms with Gasteiger partial charge in [0.25, 0.3) is 11.4 Å². The molecule has 0 unspecified atom stereocenters. The molecule has 14 heteroatoms. The van der Waals surface area contributed by atoms with Crippen LogP contribution in [0.1, 0.15) is 32.3 Å². The summed E-state index contributed by atoms with van der Waals surface area (Å²) in [5.74, 6) is 0. The Balaban J connectivity index is 1.63. The van der Waals surface area contributed by atoms with Crippen molar-refractivity contribution in [3.05, 3.63) is 98.7 Å². The second-order valence-electron chi connectivity index (χ2n) is 9.13. The molecule has 218 valence electrons. The Labute approximate surface area is 246 Å². The van der Waals surface area contributed by atoms with E-state index in [1.165, 1.54) is 40.5 Å². The number of nitro benzene ring substituents is 2. The molecular weight excluding hydrogens is 580 g/mol. The minimum absolute atomic E-state index is 0.0409. The van der Waals surface area contributed by atoms with Crippen molar-refractivity contribution in [1.82, 2.24) is 9.29 Å². The van der Waals surface area contributed by atoms with Crippen LogP contribution in [0.2, 0.25) is 0 Å². The van der Waals surface area contributed by atoms with Gasteiger partial charge >= 0.3 is 0 Å². The molecular formula is C28H28N6O6S2. The Morgan fingerprint density at radius 3 is 2.38 bits per heavy atom. The summed E-state index contributed by atoms with van der Waals surface area (Å²) in [7, 11) is -4.08. The fourth-order valence-electron chi connectivity index (χ4n) is 4.22. The molecule has 1 aromatic heterocycles. The van der Waals surface area contributed by atoms with Crippen molar-refractivity contribution < 1.29 is 18.3 Å². The van der Waals surface area contributed by atoms with Gasteiger partial charge in [0.1, 0.15) is 4.90 Å². The first-order valence-electron chi connectivity index (χ1n) is 13.0. The summed E-state index contributed by atoms with van der Waals surface area (Å²) in [6, 6.07) is 17.5. The van der Waals surface area contributed by atoms with Gasteiger partial charge in [-0.15, -0.1) is 0 Å². The van der Waals surface area contributed by atoms with E-state index in [1.54, 1.807) is 18.3 Å². The predicted octanol–water partition coefficient (Wildman–Crippen LogP) is 6.46. The lowest BCUT2D eigenvalue weighted by molar-refractivity contribution is -0.387. The molecule has 1 N–H and O–H groups in total. The number of nitrogens with zero attached hydrogens (tertiary/aromatic N) is 5. The average molecular weight is 609 g/mol. The third kappa shape index (κ3) is 6.90. The third-order valence-corrected chi connectivity index (χ3v) is 9.19. The number of sulfonamides is 1. The Hall–Kier alpha value is -4.40. The van der Waals surface area contributed by atoms with E-state index in [0.717, 1.165) is 21.9 Å². The van der Waals surface area contributed by atoms with Gasteiger partial charge in [-0.3, -0.25) is 30.6 Å². The number of hydrogen-bond acceptors (Lipinski definition) is 10. The van der Waals surface area contributed by atoms with Crippen LogP contribution < -0.4 is 5.43 Å². The summed E-state index contributed by atoms with van der Waals surface area (Å²) in [5.41, 5.74) is 3.31. The molecule has 0 aliphatic heterocycles. The Morgan fingerprint density at radius 2 is 1.69 bits per heavy atom. The molecule has 0 bridgehead atoms. The van der Waals surface area contributed by atoms with Crippen LogP contribution in [0.3, 0.4) is 0 Å². The summed E-state index contributed by atoms with van der Waals surface area (Å²) in [6.07, 6.45) is 4.12. The Kier molecular flexibility index (Phi) is 9.83. The molecule has 3 aromatic carbocycles. The number of para-hydroxylation sites is 1. The van der Waals surface area contributed by atoms with Gasteiger partial charge < -0.3 is 0 Å². The smallest absolute Gasteiger partial charge is 0.277 e. The molecule has 0 radical (unpaired) electrons. The van der Waals surface area contributed by atoms with Gasteiger partial charge in [0, 0.05) is 53.3 Å². The second kappa shape index (κ2) is 13.5. The van der Waals surface area contributed by atoms with Crippen molar-refractivity contribution in [2.45, 2.75) is 41.4 Å². The SMILES string of the molecule is CCCN(CCC)S(=O)(=O)c1cc([N+](=O)[O-])ccc1N/N=C\c1ccc(Sc2cccc3cccnc23)c([N+](=O)[O-])c1. The van der Waals surface area contributed by atoms with Crippen LogP contribution in [-0.2, 0) is 10.0 Å². The van der Waals surface area contributed by atoms with Gasteiger partial charge in [-0.2, -0.15) is 9.41 Å². The number of nitrogens with one attached hydrogen (secondary N) is 1. The molecule has 0 spiro atoms. The number of anilines is 1. The molecule has 1 heterocycles. The highest BCUT2D eigenvalue weighted by molar-refractivity contribution is 7.99. The highest BCUT2D eigenvalue weighted by Crippen LogP contribution is 2.38. The van der Waals surface area contributed by atoms with Crippen LogP contribution in [-0.4, -0.2) is 46.9 Å². The quantitative estimate of drug-likeness (QED) is 0.102. The Bertz CT molecular complexity index is 1750. The second-order valence-corrected chi connectivity index (χ2v) is 12.1. The zero-order valence-electron chi connectivity index (χ0n) is 22.8. The summed E-state index contributed by atoms with van der Waals surface area (Å²) < 4.78 is 28.2. The molecule has 4 rings (SSSR count). The van der Waals surface area contributed by atoms with Crippen molar-refractivity contribution in [3.63, 3.8) is 0 Å². The lowest BCUT2D eigenvalue weighted by Crippen LogP contribution is -2.33. The van der Waals surface area contributed by atoms with Gasteiger partial charge in [0.05, 0.1) is 32.2 Å². The first-order valence-corrected chi connectivity index (χ1v) is 15.3. The first-order chi connectivity index (χ1) is 20.1. The number of hydrogen-bond donors (Lipinski definition) is 1. The van der Waals surface area contributed by atoms with Gasteiger partial charge in [0.15, 0.2) is 0 Å². The fraction of sp³-hybridized carbons (Fsp3) is 0.214. The highest BCUT2D eigenvalue weighted by atomic mass is 32.2. The summed E-state index contributed by atoms with van der Waals surface area (Å²) in [5, 5.41) is 28.3. The average Bonchev–Trinajstić information content (AvgIpc) is 2.97. The largest absolute Gasteiger partial charge is 0.283 e. The first kappa shape index (κ1) is 30.6. The number of nitro groups is 2. The predicted molar refractivity (Wildman–Crippen MR) is 163 cm³/mol. The lowest BCUT2D eigenvalue weighted by Gasteiger charge is -2.22. The van der Waals surface area contributed by atoms with Crippen LogP contribution in [0, 0.1) is 20.2 Å². The monoisotopic (exact) mass is 608 g/mol. The number of rotatable bonds is 13. The summed E-state index contributed by atoms with van der Waals surface area (Å²) in [4.78, 5) is 27.5. The number of pyridine rings is 1. The van der Waals surface area contributed by atoms with Crippen LogP contribution in [0.4, 0.5) is 17.1 Å². The van der Waals surface area contributed by atoms with Crippen molar-refractivity contribution in [3.8, 4) is 0 Å². The van der Waals surface area contributed by atoms with Crippen molar-refractivity contribution >= 4 is 56.0 Å². The van der Waals surface area contributed by atoms with Gasteiger partial charge in [-0.05, 0) is 37.1 Å². The van der Waals surface area contributed by atoms with Gasteiger partial charge in [-0.25, -0.2) is 8.42 Å². The van der Waals surface area contributed by atoms with Gasteiger partial charge in [-0.1, -0.05) is 49.9 Å². The highest BCUT2D eigenvalue weighted by Gasteiger charge is 2.28. The minimum Gasteiger partial charge on any atom is -0.277 e. The number of aromatic nitrogens is 1. The standard InChI is InChI=1S/C28H28N6O6S2/c1-3-15-32(16-4-2)42(39,40)27-18-22(33(35)36)11-12-23(27)31-30-19-20-10-13-25(24(17-20)34(37)38)41-26-9-5-7-21-8-6-14-29-28(21)26/h5-14,17-19,31H,3-4,15-16H2,1-2H3/b30-19-. The molecule has 0 saturated heterocycles. The van der Waals surface area contributed by atoms with E-state index >= 15 is 0 Å². The van der Waals surface area contributed by atoms with Crippen LogP contribution >= 0.6 is 11.8 Å². The van der Waals surface area contributed by atoms with Crippen molar-refractivity contribution in [2.75, 3.05) is 18.5 Å². The molecule has 0 amide bonds. The van der Waals surface area contributed by atoms with E-state index in [2.05, 4.69) is 15.5 Å². The molecule has 0 saturated carbocycles. The van der Waals surface area contributed by atoms with E-state index < -0.39 is 19.9 Å². The molecule has 4 aromatic rings. The number of fused-ring (bicyclic) bond motifs is 1. The normalized spacial score (nSPS) is 11.8. The maximum absolute atomic E-state index is 13.5. The maximum atomic E-state index is 13.5. The molecule has 42 heavy (non-hydrogen) atoms. The van der Waals surface area contributed by atoms with E-state index in [0.29, 0.717) is 23.3 Å². The summed E-state index contributed by atoms with van der Waals surface area (Å²) >= 11 is 1.23. The van der Waals surface area contributed by atoms with Crippen LogP contribution in [0.25, 0.3) is 10.9 Å². The van der Waals surface area contributed by atoms with E-state index in [1.807, 2.05) is 44.2 Å². The number of non-ortho nitro benzene ring substituents is 1. The molecule has 12 nitrogen and oxygen atoms in total. The van der Waals surface area contributed by atoms with E-state index in [-0.39, 0.29) is 35.0 Å². The fourth-order valence-corrected chi connectivity index (χ4v) is 7.03.